The number of nitriles is 2. The second-order valence-corrected chi connectivity index (χ2v) is 32.6. The van der Waals surface area contributed by atoms with Crippen molar-refractivity contribution in [3.8, 4) is 12.1 Å². The highest BCUT2D eigenvalue weighted by atomic mass is 35.5. The molecule has 2 aliphatic carbocycles. The van der Waals surface area contributed by atoms with Crippen molar-refractivity contribution in [3.05, 3.63) is 94.6 Å². The van der Waals surface area contributed by atoms with Crippen molar-refractivity contribution in [2.75, 3.05) is 17.2 Å². The van der Waals surface area contributed by atoms with Crippen molar-refractivity contribution < 1.29 is 23.8 Å². The van der Waals surface area contributed by atoms with E-state index < -0.39 is 8.07 Å². The third-order valence-corrected chi connectivity index (χ3v) is 16.7. The van der Waals surface area contributed by atoms with Gasteiger partial charge in [0.1, 0.15) is 24.6 Å². The Balaban J connectivity index is 0.000000251. The molecule has 4 aliphatic rings. The van der Waals surface area contributed by atoms with Gasteiger partial charge in [0.25, 0.3) is 11.8 Å². The van der Waals surface area contributed by atoms with Crippen LogP contribution in [0.3, 0.4) is 0 Å². The van der Waals surface area contributed by atoms with Gasteiger partial charge in [0, 0.05) is 44.1 Å². The molecular weight excluding hydrogens is 1000 g/mol. The summed E-state index contributed by atoms with van der Waals surface area (Å²) in [5, 5.41) is 24.6. The first-order valence-electron chi connectivity index (χ1n) is 27.3. The van der Waals surface area contributed by atoms with Gasteiger partial charge >= 0.3 is 0 Å². The molecule has 0 spiro atoms. The fourth-order valence-corrected chi connectivity index (χ4v) is 12.2. The largest absolute Gasteiger partial charge is 0.370 e. The topological polar surface area (TPSA) is 206 Å². The van der Waals surface area contributed by atoms with E-state index in [1.807, 2.05) is 30.3 Å². The first kappa shape index (κ1) is 60.7. The summed E-state index contributed by atoms with van der Waals surface area (Å²) in [6, 6.07) is 13.0. The molecule has 0 aromatic carbocycles. The van der Waals surface area contributed by atoms with Crippen molar-refractivity contribution in [2.24, 2.45) is 10.8 Å². The minimum absolute atomic E-state index is 0. The first-order chi connectivity index (χ1) is 35.3. The molecule has 3 N–H and O–H groups in total. The summed E-state index contributed by atoms with van der Waals surface area (Å²) in [5.41, 5.74) is 7.36. The second kappa shape index (κ2) is 23.5. The lowest BCUT2D eigenvalue weighted by Crippen LogP contribution is -2.44. The number of aromatic amines is 1. The van der Waals surface area contributed by atoms with E-state index in [-0.39, 0.29) is 99.1 Å². The highest BCUT2D eigenvalue weighted by Crippen LogP contribution is 2.47. The molecule has 0 saturated carbocycles. The molecule has 2 amide bonds. The maximum Gasteiger partial charge on any atom is 0.291 e. The normalized spacial score (nSPS) is 20.4. The Labute approximate surface area is 465 Å². The average molecular weight is 1090 g/mol. The molecule has 77 heavy (non-hydrogen) atoms. The zero-order chi connectivity index (χ0) is 55.6. The van der Waals surface area contributed by atoms with Crippen LogP contribution in [-0.4, -0.2) is 78.4 Å². The number of rotatable bonds is 13. The second-order valence-electron chi connectivity index (χ2n) is 27.0. The van der Waals surface area contributed by atoms with Crippen LogP contribution in [0.4, 0.5) is 11.4 Å². The minimum Gasteiger partial charge on any atom is -0.370 e. The Morgan fingerprint density at radius 1 is 0.714 bits per heavy atom. The lowest BCUT2D eigenvalue weighted by Gasteiger charge is -2.45. The number of halogens is 1. The molecule has 17 heteroatoms. The van der Waals surface area contributed by atoms with Crippen LogP contribution in [0.25, 0.3) is 11.1 Å². The maximum atomic E-state index is 13.6. The lowest BCUT2D eigenvalue weighted by molar-refractivity contribution is -0.162. The summed E-state index contributed by atoms with van der Waals surface area (Å²) < 4.78 is 20.1. The number of aromatic nitrogens is 6. The van der Waals surface area contributed by atoms with Gasteiger partial charge in [-0.05, 0) is 172 Å². The molecule has 8 rings (SSSR count). The Morgan fingerprint density at radius 3 is 1.58 bits per heavy atom. The molecule has 6 heterocycles. The monoisotopic (exact) mass is 1090 g/mol. The van der Waals surface area contributed by atoms with Crippen LogP contribution in [0.2, 0.25) is 25.7 Å². The number of nitrogens with one attached hydrogen (secondary N) is 3. The van der Waals surface area contributed by atoms with E-state index in [1.54, 1.807) is 10.8 Å². The number of amides is 2. The highest BCUT2D eigenvalue weighted by Gasteiger charge is 2.42. The van der Waals surface area contributed by atoms with Crippen molar-refractivity contribution in [2.45, 2.75) is 214 Å². The van der Waals surface area contributed by atoms with E-state index >= 15 is 0 Å². The fraction of sp³-hybridized carbons (Fsp3) is 0.600. The van der Waals surface area contributed by atoms with Crippen LogP contribution in [0, 0.1) is 33.5 Å². The van der Waals surface area contributed by atoms with E-state index in [9.17, 15) is 14.9 Å². The Morgan fingerprint density at radius 2 is 1.18 bits per heavy atom. The number of anilines is 2. The number of H-pyrrole nitrogens is 1. The number of imidazole rings is 2. The zero-order valence-electron chi connectivity index (χ0n) is 48.5. The molecule has 0 bridgehead atoms. The third-order valence-electron chi connectivity index (χ3n) is 15.0. The standard InChI is InChI=1S/C33H49N5O3Si.C27H35N5O2.ClH/c1-31(2)14-12-23(13-15-31)28-27(11-10-26(36-28)24-18-32(3,4)41-33(5,6)19-24)37-30(39)29-35-25(20-34)21-38(29)22-40-16-17-42(7,8)9;1-25(2)11-9-17(10-12-25)22-21(32-24(33)23-29-16-19(15-28)30-23)8-7-20(31-22)18-13-26(3,4)34-27(5,6)14-18;/h10-12,21,24H,13-19,22H2,1-9H3,(H,37,39);7-9,16,18H,10-14H2,1-6H3,(H,29,30)(H,32,33);1H. The van der Waals surface area contributed by atoms with Crippen molar-refractivity contribution in [3.63, 3.8) is 0 Å². The van der Waals surface area contributed by atoms with E-state index in [0.717, 1.165) is 98.6 Å². The van der Waals surface area contributed by atoms with Crippen LogP contribution in [0.5, 0.6) is 0 Å². The molecule has 0 atom stereocenters. The number of hydrogen-bond acceptors (Lipinski definition) is 11. The van der Waals surface area contributed by atoms with Gasteiger partial charge in [0.15, 0.2) is 11.5 Å². The number of nitrogens with zero attached hydrogens (tertiary/aromatic N) is 7. The predicted molar refractivity (Wildman–Crippen MR) is 310 cm³/mol. The van der Waals surface area contributed by atoms with Crippen molar-refractivity contribution in [1.29, 1.82) is 10.5 Å². The fourth-order valence-electron chi connectivity index (χ4n) is 11.4. The Bertz CT molecular complexity index is 2910. The van der Waals surface area contributed by atoms with Crippen LogP contribution in [0.1, 0.15) is 215 Å². The lowest BCUT2D eigenvalue weighted by atomic mass is 9.77. The van der Waals surface area contributed by atoms with Crippen molar-refractivity contribution in [1.82, 2.24) is 29.5 Å². The number of hydrogen-bond donors (Lipinski definition) is 3. The summed E-state index contributed by atoms with van der Waals surface area (Å²) >= 11 is 0. The zero-order valence-corrected chi connectivity index (χ0v) is 50.4. The molecule has 416 valence electrons. The Hall–Kier alpha value is -5.49. The van der Waals surface area contributed by atoms with E-state index in [0.29, 0.717) is 18.0 Å². The quantitative estimate of drug-likeness (QED) is 0.0848. The molecule has 2 aliphatic heterocycles. The number of carbonyl (C=O) groups excluding carboxylic acids is 2. The number of carbonyl (C=O) groups is 2. The third kappa shape index (κ3) is 16.5. The summed E-state index contributed by atoms with van der Waals surface area (Å²) in [5.74, 6) is 0.0116. The van der Waals surface area contributed by atoms with Gasteiger partial charge < -0.3 is 34.4 Å². The predicted octanol–water partition coefficient (Wildman–Crippen LogP) is 14.2. The van der Waals surface area contributed by atoms with Gasteiger partial charge in [-0.3, -0.25) is 19.6 Å². The van der Waals surface area contributed by atoms with Gasteiger partial charge in [-0.25, -0.2) is 9.97 Å². The molecule has 4 aromatic heterocycles. The molecular formula is C60H85ClN10O5Si. The van der Waals surface area contributed by atoms with Crippen LogP contribution in [-0.2, 0) is 20.9 Å². The first-order valence-corrected chi connectivity index (χ1v) is 31.0. The van der Waals surface area contributed by atoms with Crippen LogP contribution in [0.15, 0.2) is 48.8 Å². The van der Waals surface area contributed by atoms with Gasteiger partial charge in [-0.1, -0.05) is 59.5 Å². The average Bonchev–Trinajstić information content (AvgIpc) is 3.97. The molecule has 2 saturated heterocycles. The molecule has 15 nitrogen and oxygen atoms in total. The number of ether oxygens (including phenoxy) is 3. The molecule has 2 fully saturated rings. The van der Waals surface area contributed by atoms with E-state index in [4.69, 9.17) is 29.4 Å². The van der Waals surface area contributed by atoms with Gasteiger partial charge in [-0.15, -0.1) is 12.4 Å². The van der Waals surface area contributed by atoms with Crippen molar-refractivity contribution >= 4 is 54.8 Å². The van der Waals surface area contributed by atoms with Gasteiger partial charge in [0.05, 0.1) is 51.4 Å². The molecule has 0 radical (unpaired) electrons. The van der Waals surface area contributed by atoms with Gasteiger partial charge in [0.2, 0.25) is 5.82 Å². The Kier molecular flexibility index (Phi) is 18.5. The SMILES string of the molecule is CC1(C)CC=C(c2nc(C3CC(C)(C)OC(C)(C)C3)ccc2NC(=O)c2nc(C#N)cn2COCC[Si](C)(C)C)CC1.CC1(C)CC=C(c2nc(C3CC(C)(C)OC(C)(C)C3)ccc2NC(=O)c2ncc(C#N)[nH]2)CC1.Cl. The molecule has 4 aromatic rings. The van der Waals surface area contributed by atoms with E-state index in [2.05, 4.69) is 147 Å². The van der Waals surface area contributed by atoms with E-state index in [1.165, 1.54) is 11.8 Å². The minimum atomic E-state index is -1.25. The highest BCUT2D eigenvalue weighted by molar-refractivity contribution is 6.76. The summed E-state index contributed by atoms with van der Waals surface area (Å²) in [6.07, 6.45) is 16.9. The van der Waals surface area contributed by atoms with Gasteiger partial charge in [-0.2, -0.15) is 10.5 Å². The number of allylic oxidation sites excluding steroid dienone is 4. The maximum absolute atomic E-state index is 13.6. The summed E-state index contributed by atoms with van der Waals surface area (Å²) in [4.78, 5) is 47.9. The summed E-state index contributed by atoms with van der Waals surface area (Å²) in [7, 11) is -1.25. The molecule has 0 unspecified atom stereocenters. The summed E-state index contributed by atoms with van der Waals surface area (Å²) in [6.45, 7) is 33.9. The van der Waals surface area contributed by atoms with Crippen LogP contribution >= 0.6 is 12.4 Å². The van der Waals surface area contributed by atoms with Crippen LogP contribution < -0.4 is 10.6 Å². The smallest absolute Gasteiger partial charge is 0.291 e. The number of pyridine rings is 2.